The van der Waals surface area contributed by atoms with E-state index in [0.29, 0.717) is 37.7 Å². The summed E-state index contributed by atoms with van der Waals surface area (Å²) in [6.45, 7) is 2.00. The molecule has 1 N–H and O–H groups in total. The number of methoxy groups -OCH3 is 1. The van der Waals surface area contributed by atoms with Crippen molar-refractivity contribution in [2.45, 2.75) is 0 Å². The molecular weight excluding hydrogens is 448 g/mol. The number of morpholine rings is 1. The summed E-state index contributed by atoms with van der Waals surface area (Å²) in [4.78, 5) is 36.5. The monoisotopic (exact) mass is 468 g/mol. The molecule has 1 amide bonds. The van der Waals surface area contributed by atoms with Crippen LogP contribution in [0.3, 0.4) is 0 Å². The van der Waals surface area contributed by atoms with Crippen molar-refractivity contribution < 1.29 is 28.5 Å². The molecule has 12 nitrogen and oxygen atoms in total. The van der Waals surface area contributed by atoms with E-state index in [1.165, 1.54) is 37.4 Å². The fourth-order valence-electron chi connectivity index (χ4n) is 3.61. The SMILES string of the molecule is COc1ccc(-c2ccc(C(=O)Nc3ccc(N4CCOCC4)c([N+](=O)[O-])c3)o2)c([N+](=O)[O-])c1. The molecule has 2 heterocycles. The number of nitro benzene ring substituents is 2. The number of anilines is 2. The number of carbonyl (C=O) groups excluding carboxylic acids is 1. The highest BCUT2D eigenvalue weighted by Gasteiger charge is 2.24. The Labute approximate surface area is 193 Å². The Bertz CT molecular complexity index is 1250. The molecule has 4 rings (SSSR count). The maximum Gasteiger partial charge on any atom is 0.294 e. The molecule has 0 atom stereocenters. The Kier molecular flexibility index (Phi) is 6.41. The second-order valence-electron chi connectivity index (χ2n) is 7.32. The van der Waals surface area contributed by atoms with Crippen LogP contribution in [0, 0.1) is 20.2 Å². The summed E-state index contributed by atoms with van der Waals surface area (Å²) in [6.07, 6.45) is 0. The first-order valence-electron chi connectivity index (χ1n) is 10.2. The van der Waals surface area contributed by atoms with Gasteiger partial charge >= 0.3 is 0 Å². The van der Waals surface area contributed by atoms with Crippen molar-refractivity contribution in [1.82, 2.24) is 0 Å². The summed E-state index contributed by atoms with van der Waals surface area (Å²) in [7, 11) is 1.39. The number of nitro groups is 2. The molecule has 1 aliphatic heterocycles. The third kappa shape index (κ3) is 4.66. The van der Waals surface area contributed by atoms with Gasteiger partial charge in [0.2, 0.25) is 0 Å². The molecule has 3 aromatic rings. The van der Waals surface area contributed by atoms with Gasteiger partial charge in [-0.1, -0.05) is 0 Å². The lowest BCUT2D eigenvalue weighted by Crippen LogP contribution is -2.36. The molecule has 1 aromatic heterocycles. The minimum atomic E-state index is -0.657. The van der Waals surface area contributed by atoms with E-state index in [2.05, 4.69) is 5.32 Å². The average molecular weight is 468 g/mol. The van der Waals surface area contributed by atoms with Crippen molar-refractivity contribution in [2.75, 3.05) is 43.6 Å². The molecule has 1 aliphatic rings. The summed E-state index contributed by atoms with van der Waals surface area (Å²) in [5.74, 6) is -0.342. The third-order valence-corrected chi connectivity index (χ3v) is 5.28. The van der Waals surface area contributed by atoms with Crippen LogP contribution in [-0.4, -0.2) is 49.2 Å². The van der Waals surface area contributed by atoms with E-state index in [4.69, 9.17) is 13.9 Å². The van der Waals surface area contributed by atoms with Crippen molar-refractivity contribution in [3.8, 4) is 17.1 Å². The van der Waals surface area contributed by atoms with Crippen LogP contribution in [0.25, 0.3) is 11.3 Å². The first-order valence-corrected chi connectivity index (χ1v) is 10.2. The van der Waals surface area contributed by atoms with Gasteiger partial charge < -0.3 is 24.1 Å². The molecule has 34 heavy (non-hydrogen) atoms. The highest BCUT2D eigenvalue weighted by molar-refractivity contribution is 6.03. The number of nitrogens with one attached hydrogen (secondary N) is 1. The molecule has 0 radical (unpaired) electrons. The first-order chi connectivity index (χ1) is 16.4. The lowest BCUT2D eigenvalue weighted by atomic mass is 10.1. The zero-order chi connectivity index (χ0) is 24.2. The Balaban J connectivity index is 1.56. The van der Waals surface area contributed by atoms with Gasteiger partial charge in [0.05, 0.1) is 41.8 Å². The minimum Gasteiger partial charge on any atom is -0.497 e. The molecule has 2 aromatic carbocycles. The number of benzene rings is 2. The number of ether oxygens (including phenoxy) is 2. The van der Waals surface area contributed by atoms with Crippen LogP contribution in [-0.2, 0) is 4.74 Å². The molecule has 0 unspecified atom stereocenters. The van der Waals surface area contributed by atoms with E-state index < -0.39 is 15.8 Å². The van der Waals surface area contributed by atoms with E-state index in [1.807, 2.05) is 4.90 Å². The van der Waals surface area contributed by atoms with Crippen molar-refractivity contribution >= 4 is 28.7 Å². The van der Waals surface area contributed by atoms with Crippen LogP contribution in [0.1, 0.15) is 10.6 Å². The van der Waals surface area contributed by atoms with Gasteiger partial charge in [-0.3, -0.25) is 25.0 Å². The number of furan rings is 1. The number of amides is 1. The van der Waals surface area contributed by atoms with E-state index in [0.717, 1.165) is 0 Å². The second kappa shape index (κ2) is 9.58. The molecule has 0 spiro atoms. The van der Waals surface area contributed by atoms with E-state index in [-0.39, 0.29) is 34.1 Å². The quantitative estimate of drug-likeness (QED) is 0.403. The predicted molar refractivity (Wildman–Crippen MR) is 121 cm³/mol. The Morgan fingerprint density at radius 2 is 1.74 bits per heavy atom. The first kappa shape index (κ1) is 22.7. The largest absolute Gasteiger partial charge is 0.497 e. The summed E-state index contributed by atoms with van der Waals surface area (Å²) in [5.41, 5.74) is 0.444. The zero-order valence-electron chi connectivity index (χ0n) is 18.1. The third-order valence-electron chi connectivity index (χ3n) is 5.28. The van der Waals surface area contributed by atoms with Crippen LogP contribution in [0.5, 0.6) is 5.75 Å². The van der Waals surface area contributed by atoms with Gasteiger partial charge in [0.1, 0.15) is 17.2 Å². The van der Waals surface area contributed by atoms with E-state index >= 15 is 0 Å². The molecule has 12 heteroatoms. The van der Waals surface area contributed by atoms with Gasteiger partial charge in [0, 0.05) is 24.8 Å². The van der Waals surface area contributed by atoms with Gasteiger partial charge in [0.15, 0.2) is 5.76 Å². The topological polar surface area (TPSA) is 150 Å². The van der Waals surface area contributed by atoms with Crippen LogP contribution in [0.4, 0.5) is 22.7 Å². The van der Waals surface area contributed by atoms with E-state index in [1.54, 1.807) is 18.2 Å². The Hall–Kier alpha value is -4.45. The minimum absolute atomic E-state index is 0.111. The molecule has 1 fully saturated rings. The Morgan fingerprint density at radius 3 is 2.41 bits per heavy atom. The summed E-state index contributed by atoms with van der Waals surface area (Å²) >= 11 is 0. The predicted octanol–water partition coefficient (Wildman–Crippen LogP) is 3.86. The van der Waals surface area contributed by atoms with Crippen LogP contribution in [0.15, 0.2) is 52.9 Å². The number of nitrogens with zero attached hydrogens (tertiary/aromatic N) is 3. The van der Waals surface area contributed by atoms with Crippen molar-refractivity contribution in [2.24, 2.45) is 0 Å². The van der Waals surface area contributed by atoms with Gasteiger partial charge in [-0.25, -0.2) is 0 Å². The zero-order valence-corrected chi connectivity index (χ0v) is 18.1. The second-order valence-corrected chi connectivity index (χ2v) is 7.32. The van der Waals surface area contributed by atoms with Crippen LogP contribution in [0.2, 0.25) is 0 Å². The Morgan fingerprint density at radius 1 is 1.00 bits per heavy atom. The van der Waals surface area contributed by atoms with Gasteiger partial charge in [-0.2, -0.15) is 0 Å². The molecule has 0 bridgehead atoms. The van der Waals surface area contributed by atoms with Crippen LogP contribution < -0.4 is 15.0 Å². The summed E-state index contributed by atoms with van der Waals surface area (Å²) < 4.78 is 15.9. The molecule has 1 saturated heterocycles. The molecular formula is C22H20N4O8. The summed E-state index contributed by atoms with van der Waals surface area (Å²) in [6, 6.07) is 11.5. The molecule has 176 valence electrons. The normalized spacial score (nSPS) is 13.4. The standard InChI is InChI=1S/C22H20N4O8/c1-32-15-3-4-16(18(13-15)25(28)29)20-6-7-21(34-20)22(27)23-14-2-5-17(19(12-14)26(30)31)24-8-10-33-11-9-24/h2-7,12-13H,8-11H2,1H3,(H,23,27). The molecule has 0 aliphatic carbocycles. The van der Waals surface area contributed by atoms with Crippen molar-refractivity contribution in [1.29, 1.82) is 0 Å². The number of carbonyl (C=O) groups is 1. The maximum atomic E-state index is 12.7. The van der Waals surface area contributed by atoms with Gasteiger partial charge in [0.25, 0.3) is 17.3 Å². The average Bonchev–Trinajstić information content (AvgIpc) is 3.34. The smallest absolute Gasteiger partial charge is 0.294 e. The number of rotatable bonds is 7. The van der Waals surface area contributed by atoms with Gasteiger partial charge in [-0.15, -0.1) is 0 Å². The number of hydrogen-bond donors (Lipinski definition) is 1. The highest BCUT2D eigenvalue weighted by atomic mass is 16.6. The van der Waals surface area contributed by atoms with Crippen molar-refractivity contribution in [3.05, 3.63) is 74.5 Å². The lowest BCUT2D eigenvalue weighted by Gasteiger charge is -2.28. The fourth-order valence-corrected chi connectivity index (χ4v) is 3.61. The maximum absolute atomic E-state index is 12.7. The fraction of sp³-hybridized carbons (Fsp3) is 0.227. The summed E-state index contributed by atoms with van der Waals surface area (Å²) in [5, 5.41) is 25.6. The highest BCUT2D eigenvalue weighted by Crippen LogP contribution is 2.35. The van der Waals surface area contributed by atoms with Crippen LogP contribution >= 0.6 is 0 Å². The van der Waals surface area contributed by atoms with E-state index in [9.17, 15) is 25.0 Å². The van der Waals surface area contributed by atoms with Crippen molar-refractivity contribution in [3.63, 3.8) is 0 Å². The lowest BCUT2D eigenvalue weighted by molar-refractivity contribution is -0.384. The van der Waals surface area contributed by atoms with Gasteiger partial charge in [-0.05, 0) is 36.4 Å². The molecule has 0 saturated carbocycles. The number of hydrogen-bond acceptors (Lipinski definition) is 9.